The number of para-hydroxylation sites is 3. The molecule has 0 N–H and O–H groups in total. The van der Waals surface area contributed by atoms with Crippen molar-refractivity contribution in [2.24, 2.45) is 0 Å². The van der Waals surface area contributed by atoms with Crippen molar-refractivity contribution in [3.05, 3.63) is 103 Å². The van der Waals surface area contributed by atoms with E-state index in [9.17, 15) is 4.79 Å². The van der Waals surface area contributed by atoms with Gasteiger partial charge in [-0.15, -0.1) is 0 Å². The van der Waals surface area contributed by atoms with Crippen LogP contribution in [0.15, 0.2) is 71.5 Å². The molecular formula is C23H14Cl2N2O2S. The molecule has 0 saturated heterocycles. The molecule has 0 spiro atoms. The molecule has 7 heteroatoms. The largest absolute Gasteiger partial charge is 0.488 e. The number of imidazole rings is 1. The van der Waals surface area contributed by atoms with Crippen molar-refractivity contribution in [1.29, 1.82) is 0 Å². The lowest BCUT2D eigenvalue weighted by atomic mass is 10.2. The average molecular weight is 453 g/mol. The Balaban J connectivity index is 1.52. The van der Waals surface area contributed by atoms with Gasteiger partial charge in [0.2, 0.25) is 0 Å². The molecule has 0 aliphatic carbocycles. The van der Waals surface area contributed by atoms with Crippen LogP contribution in [0.5, 0.6) is 5.75 Å². The average Bonchev–Trinajstić information content (AvgIpc) is 3.26. The fraction of sp³-hybridized carbons (Fsp3) is 0.0435. The zero-order chi connectivity index (χ0) is 20.7. The lowest BCUT2D eigenvalue weighted by Crippen LogP contribution is -2.22. The molecule has 5 aromatic rings. The van der Waals surface area contributed by atoms with E-state index in [1.165, 1.54) is 11.3 Å². The van der Waals surface area contributed by atoms with E-state index >= 15 is 0 Å². The summed E-state index contributed by atoms with van der Waals surface area (Å²) in [6.45, 7) is 0.338. The molecule has 148 valence electrons. The van der Waals surface area contributed by atoms with Crippen LogP contribution in [-0.2, 0) is 6.61 Å². The van der Waals surface area contributed by atoms with Crippen LogP contribution in [0.1, 0.15) is 11.1 Å². The summed E-state index contributed by atoms with van der Waals surface area (Å²) in [6.07, 6.45) is 1.85. The lowest BCUT2D eigenvalue weighted by Gasteiger charge is -2.09. The van der Waals surface area contributed by atoms with Crippen molar-refractivity contribution in [3.8, 4) is 5.75 Å². The van der Waals surface area contributed by atoms with E-state index in [0.29, 0.717) is 31.9 Å². The van der Waals surface area contributed by atoms with Crippen molar-refractivity contribution >= 4 is 56.6 Å². The molecule has 0 fully saturated rings. The highest BCUT2D eigenvalue weighted by molar-refractivity contribution is 7.15. The molecule has 0 unspecified atom stereocenters. The number of thiazole rings is 1. The fourth-order valence-corrected chi connectivity index (χ4v) is 4.57. The highest BCUT2D eigenvalue weighted by atomic mass is 35.5. The Labute approximate surface area is 185 Å². The van der Waals surface area contributed by atoms with Gasteiger partial charge in [-0.2, -0.15) is 0 Å². The van der Waals surface area contributed by atoms with Gasteiger partial charge in [-0.3, -0.25) is 4.79 Å². The molecule has 0 radical (unpaired) electrons. The Kier molecular flexibility index (Phi) is 4.95. The normalized spacial score (nSPS) is 12.1. The molecule has 0 saturated carbocycles. The standard InChI is InChI=1S/C23H14Cl2N2O2S/c24-16-10-9-14(11-17(16)25)13-29-20-8-4-1-5-15(20)12-21-22(28)27-19-7-3-2-6-18(19)26-23(27)30-21/h1-12H,13H2/b21-12+. The van der Waals surface area contributed by atoms with Crippen molar-refractivity contribution in [3.63, 3.8) is 0 Å². The summed E-state index contributed by atoms with van der Waals surface area (Å²) >= 11 is 13.4. The van der Waals surface area contributed by atoms with E-state index in [2.05, 4.69) is 4.98 Å². The van der Waals surface area contributed by atoms with E-state index in [-0.39, 0.29) is 5.56 Å². The summed E-state index contributed by atoms with van der Waals surface area (Å²) < 4.78 is 8.27. The highest BCUT2D eigenvalue weighted by Gasteiger charge is 2.11. The first-order valence-electron chi connectivity index (χ1n) is 9.17. The number of hydrogen-bond acceptors (Lipinski definition) is 4. The molecule has 0 amide bonds. The zero-order valence-electron chi connectivity index (χ0n) is 15.5. The molecule has 0 atom stereocenters. The van der Waals surface area contributed by atoms with Crippen molar-refractivity contribution in [1.82, 2.24) is 9.38 Å². The summed E-state index contributed by atoms with van der Waals surface area (Å²) in [4.78, 5) is 18.2. The van der Waals surface area contributed by atoms with E-state index in [0.717, 1.165) is 22.2 Å². The van der Waals surface area contributed by atoms with Gasteiger partial charge in [-0.25, -0.2) is 9.38 Å². The Bertz CT molecular complexity index is 1510. The third-order valence-corrected chi connectivity index (χ3v) is 6.44. The second-order valence-electron chi connectivity index (χ2n) is 6.71. The second kappa shape index (κ2) is 7.76. The third-order valence-electron chi connectivity index (χ3n) is 4.73. The van der Waals surface area contributed by atoms with Crippen molar-refractivity contribution < 1.29 is 4.74 Å². The SMILES string of the molecule is O=c1/c(=C\c2ccccc2OCc2ccc(Cl)c(Cl)c2)sc2nc3ccccc3n12. The van der Waals surface area contributed by atoms with Crippen LogP contribution < -0.4 is 14.8 Å². The first-order valence-corrected chi connectivity index (χ1v) is 10.7. The zero-order valence-corrected chi connectivity index (χ0v) is 17.8. The maximum Gasteiger partial charge on any atom is 0.274 e. The van der Waals surface area contributed by atoms with Gasteiger partial charge in [0, 0.05) is 5.56 Å². The first kappa shape index (κ1) is 19.1. The molecule has 0 aliphatic heterocycles. The van der Waals surface area contributed by atoms with Crippen LogP contribution in [-0.4, -0.2) is 9.38 Å². The predicted molar refractivity (Wildman–Crippen MR) is 123 cm³/mol. The van der Waals surface area contributed by atoms with Crippen LogP contribution >= 0.6 is 34.5 Å². The molecule has 5 rings (SSSR count). The van der Waals surface area contributed by atoms with Gasteiger partial charge in [0.25, 0.3) is 5.56 Å². The van der Waals surface area contributed by atoms with E-state index < -0.39 is 0 Å². The number of halogens is 2. The summed E-state index contributed by atoms with van der Waals surface area (Å²) in [5.41, 5.74) is 3.28. The van der Waals surface area contributed by atoms with Gasteiger partial charge in [0.1, 0.15) is 12.4 Å². The Morgan fingerprint density at radius 1 is 1.00 bits per heavy atom. The second-order valence-corrected chi connectivity index (χ2v) is 8.53. The number of hydrogen-bond donors (Lipinski definition) is 0. The molecule has 0 aliphatic rings. The molecule has 2 aromatic heterocycles. The van der Waals surface area contributed by atoms with Gasteiger partial charge in [-0.05, 0) is 42.0 Å². The number of fused-ring (bicyclic) bond motifs is 3. The molecule has 2 heterocycles. The predicted octanol–water partition coefficient (Wildman–Crippen LogP) is 5.34. The number of aromatic nitrogens is 2. The summed E-state index contributed by atoms with van der Waals surface area (Å²) in [6, 6.07) is 20.6. The minimum Gasteiger partial charge on any atom is -0.488 e. The maximum absolute atomic E-state index is 13.0. The van der Waals surface area contributed by atoms with Crippen molar-refractivity contribution in [2.75, 3.05) is 0 Å². The van der Waals surface area contributed by atoms with E-state index in [1.807, 2.05) is 60.7 Å². The van der Waals surface area contributed by atoms with E-state index in [4.69, 9.17) is 27.9 Å². The Hall–Kier alpha value is -2.86. The summed E-state index contributed by atoms with van der Waals surface area (Å²) in [5.74, 6) is 0.680. The van der Waals surface area contributed by atoms with Gasteiger partial charge < -0.3 is 4.74 Å². The number of rotatable bonds is 4. The van der Waals surface area contributed by atoms with Gasteiger partial charge in [-0.1, -0.05) is 70.9 Å². The highest BCUT2D eigenvalue weighted by Crippen LogP contribution is 2.25. The van der Waals surface area contributed by atoms with Crippen LogP contribution in [0.2, 0.25) is 10.0 Å². The minimum atomic E-state index is -0.0806. The molecule has 0 bridgehead atoms. The smallest absolute Gasteiger partial charge is 0.274 e. The third kappa shape index (κ3) is 3.45. The van der Waals surface area contributed by atoms with Gasteiger partial charge >= 0.3 is 0 Å². The molecule has 4 nitrogen and oxygen atoms in total. The van der Waals surface area contributed by atoms with Crippen molar-refractivity contribution in [2.45, 2.75) is 6.61 Å². The topological polar surface area (TPSA) is 43.6 Å². The van der Waals surface area contributed by atoms with Gasteiger partial charge in [0.15, 0.2) is 4.96 Å². The summed E-state index contributed by atoms with van der Waals surface area (Å²) in [5, 5.41) is 0.995. The van der Waals surface area contributed by atoms with Crippen LogP contribution in [0, 0.1) is 0 Å². The lowest BCUT2D eigenvalue weighted by molar-refractivity contribution is 0.305. The maximum atomic E-state index is 13.0. The van der Waals surface area contributed by atoms with Crippen LogP contribution in [0.4, 0.5) is 0 Å². The molecule has 30 heavy (non-hydrogen) atoms. The number of ether oxygens (including phenoxy) is 1. The minimum absolute atomic E-state index is 0.0806. The summed E-state index contributed by atoms with van der Waals surface area (Å²) in [7, 11) is 0. The van der Waals surface area contributed by atoms with Gasteiger partial charge in [0.05, 0.1) is 25.6 Å². The molecule has 3 aromatic carbocycles. The van der Waals surface area contributed by atoms with Crippen LogP contribution in [0.3, 0.4) is 0 Å². The Morgan fingerprint density at radius 3 is 2.67 bits per heavy atom. The van der Waals surface area contributed by atoms with E-state index in [1.54, 1.807) is 16.5 Å². The van der Waals surface area contributed by atoms with Crippen LogP contribution in [0.25, 0.3) is 22.1 Å². The quantitative estimate of drug-likeness (QED) is 0.369. The number of nitrogens with zero attached hydrogens (tertiary/aromatic N) is 2. The first-order chi connectivity index (χ1) is 14.6. The molecular weight excluding hydrogens is 439 g/mol. The Morgan fingerprint density at radius 2 is 1.80 bits per heavy atom. The fourth-order valence-electron chi connectivity index (χ4n) is 3.27. The monoisotopic (exact) mass is 452 g/mol. The number of benzene rings is 3.